The third-order valence-corrected chi connectivity index (χ3v) is 15.0. The highest BCUT2D eigenvalue weighted by Gasteiger charge is 2.37. The summed E-state index contributed by atoms with van der Waals surface area (Å²) in [5, 5.41) is 15.7. The van der Waals surface area contributed by atoms with Crippen LogP contribution >= 0.6 is 0 Å². The quantitative estimate of drug-likeness (QED) is 0.181. The summed E-state index contributed by atoms with van der Waals surface area (Å²) in [4.78, 5) is 0. The summed E-state index contributed by atoms with van der Waals surface area (Å²) in [6.07, 6.45) is -0.151. The summed E-state index contributed by atoms with van der Waals surface area (Å²) < 4.78 is 4.87. The van der Waals surface area contributed by atoms with Crippen LogP contribution in [-0.2, 0) is 5.41 Å². The van der Waals surface area contributed by atoms with Crippen molar-refractivity contribution in [1.29, 1.82) is 0 Å². The molecule has 10 aromatic carbocycles. The lowest BCUT2D eigenvalue weighted by Crippen LogP contribution is -2.37. The zero-order chi connectivity index (χ0) is 44.4. The molecule has 0 radical (unpaired) electrons. The van der Waals surface area contributed by atoms with Gasteiger partial charge in [-0.1, -0.05) is 172 Å². The molecule has 4 nitrogen and oxygen atoms in total. The fourth-order valence-corrected chi connectivity index (χ4v) is 11.9. The van der Waals surface area contributed by atoms with E-state index in [9.17, 15) is 0 Å². The number of fused-ring (bicyclic) bond motifs is 12. The Morgan fingerprint density at radius 3 is 1.96 bits per heavy atom. The van der Waals surface area contributed by atoms with Crippen molar-refractivity contribution in [3.05, 3.63) is 246 Å². The molecule has 0 fully saturated rings. The second-order valence-corrected chi connectivity index (χ2v) is 19.0. The molecule has 1 aliphatic heterocycles. The molecule has 0 saturated heterocycles. The van der Waals surface area contributed by atoms with Gasteiger partial charge in [-0.05, 0) is 116 Å². The van der Waals surface area contributed by atoms with Crippen molar-refractivity contribution in [2.24, 2.45) is 0 Å². The molecule has 318 valence electrons. The Bertz CT molecular complexity index is 3980. The normalized spacial score (nSPS) is 16.1. The van der Waals surface area contributed by atoms with Crippen LogP contribution in [0.4, 0.5) is 5.69 Å². The van der Waals surface area contributed by atoms with Crippen LogP contribution in [0.25, 0.3) is 88.0 Å². The Kier molecular flexibility index (Phi) is 8.20. The fraction of sp³-hybridized carbons (Fsp3) is 0.0794. The maximum absolute atomic E-state index is 4.17. The van der Waals surface area contributed by atoms with E-state index in [0.29, 0.717) is 0 Å². The third-order valence-electron chi connectivity index (χ3n) is 15.0. The summed E-state index contributed by atoms with van der Waals surface area (Å²) in [7, 11) is 0. The minimum atomic E-state index is -0.151. The summed E-state index contributed by atoms with van der Waals surface area (Å²) in [5.74, 6) is 0. The molecule has 0 spiro atoms. The molecule has 67 heavy (non-hydrogen) atoms. The van der Waals surface area contributed by atoms with Crippen molar-refractivity contribution in [2.45, 2.75) is 31.5 Å². The molecule has 12 aromatic rings. The summed E-state index contributed by atoms with van der Waals surface area (Å²) in [5.41, 5.74) is 19.8. The average Bonchev–Trinajstić information content (AvgIpc) is 3.98. The van der Waals surface area contributed by atoms with Crippen LogP contribution in [0, 0.1) is 0 Å². The predicted molar refractivity (Wildman–Crippen MR) is 280 cm³/mol. The van der Waals surface area contributed by atoms with Gasteiger partial charge in [0, 0.05) is 49.6 Å². The van der Waals surface area contributed by atoms with Crippen molar-refractivity contribution in [1.82, 2.24) is 14.5 Å². The van der Waals surface area contributed by atoms with Crippen LogP contribution in [0.5, 0.6) is 0 Å². The van der Waals surface area contributed by atoms with Crippen LogP contribution < -0.4 is 10.6 Å². The van der Waals surface area contributed by atoms with Gasteiger partial charge in [-0.25, -0.2) is 0 Å². The van der Waals surface area contributed by atoms with E-state index in [-0.39, 0.29) is 17.6 Å². The molecular formula is C63H46N4. The van der Waals surface area contributed by atoms with E-state index in [1.165, 1.54) is 104 Å². The smallest absolute Gasteiger partial charge is 0.104 e. The molecule has 4 heteroatoms. The SMILES string of the molecule is CC1(C)c2ccccc2-c2cc(C3NC(c4cccc(-n5c6ccccc6c6c(-c7ccc8c9ccccc9n(-c9ccccc9)c8c7)cccc65)c4)Nc4ccc5ccccc5c43)ccc21. The van der Waals surface area contributed by atoms with Gasteiger partial charge >= 0.3 is 0 Å². The number of aromatic nitrogens is 2. The van der Waals surface area contributed by atoms with Gasteiger partial charge in [0.1, 0.15) is 6.17 Å². The van der Waals surface area contributed by atoms with Gasteiger partial charge in [0.05, 0.1) is 28.1 Å². The second kappa shape index (κ2) is 14.4. The molecule has 14 rings (SSSR count). The molecule has 2 N–H and O–H groups in total. The van der Waals surface area contributed by atoms with Crippen molar-refractivity contribution < 1.29 is 0 Å². The van der Waals surface area contributed by atoms with E-state index in [0.717, 1.165) is 17.1 Å². The third kappa shape index (κ3) is 5.63. The summed E-state index contributed by atoms with van der Waals surface area (Å²) in [6, 6.07) is 80.7. The Morgan fingerprint density at radius 2 is 1.07 bits per heavy atom. The van der Waals surface area contributed by atoms with Crippen molar-refractivity contribution in [3.63, 3.8) is 0 Å². The van der Waals surface area contributed by atoms with E-state index in [1.807, 2.05) is 0 Å². The predicted octanol–water partition coefficient (Wildman–Crippen LogP) is 15.8. The first kappa shape index (κ1) is 38.1. The lowest BCUT2D eigenvalue weighted by molar-refractivity contribution is 0.508. The molecule has 1 aliphatic carbocycles. The van der Waals surface area contributed by atoms with Gasteiger partial charge in [0.15, 0.2) is 0 Å². The minimum Gasteiger partial charge on any atom is -0.366 e. The molecule has 0 amide bonds. The average molecular weight is 859 g/mol. The number of para-hydroxylation sites is 3. The highest BCUT2D eigenvalue weighted by Crippen LogP contribution is 2.51. The number of anilines is 1. The Balaban J connectivity index is 0.905. The molecule has 2 unspecified atom stereocenters. The van der Waals surface area contributed by atoms with Crippen LogP contribution in [0.3, 0.4) is 0 Å². The molecule has 0 bridgehead atoms. The van der Waals surface area contributed by atoms with Crippen molar-refractivity contribution in [3.8, 4) is 33.6 Å². The van der Waals surface area contributed by atoms with E-state index >= 15 is 0 Å². The van der Waals surface area contributed by atoms with E-state index in [2.05, 4.69) is 252 Å². The van der Waals surface area contributed by atoms with Gasteiger partial charge in [0.25, 0.3) is 0 Å². The number of hydrogen-bond donors (Lipinski definition) is 2. The molecule has 2 aromatic heterocycles. The molecular weight excluding hydrogens is 813 g/mol. The zero-order valence-corrected chi connectivity index (χ0v) is 37.3. The zero-order valence-electron chi connectivity index (χ0n) is 37.3. The maximum Gasteiger partial charge on any atom is 0.104 e. The van der Waals surface area contributed by atoms with Gasteiger partial charge in [0.2, 0.25) is 0 Å². The van der Waals surface area contributed by atoms with Crippen LogP contribution in [0.2, 0.25) is 0 Å². The monoisotopic (exact) mass is 858 g/mol. The lowest BCUT2D eigenvalue weighted by Gasteiger charge is -2.36. The summed E-state index contributed by atoms with van der Waals surface area (Å²) in [6.45, 7) is 4.71. The maximum atomic E-state index is 4.17. The Morgan fingerprint density at radius 1 is 0.418 bits per heavy atom. The van der Waals surface area contributed by atoms with Crippen LogP contribution in [0.15, 0.2) is 218 Å². The minimum absolute atomic E-state index is 0.0501. The van der Waals surface area contributed by atoms with E-state index < -0.39 is 0 Å². The largest absolute Gasteiger partial charge is 0.366 e. The second-order valence-electron chi connectivity index (χ2n) is 19.0. The molecule has 2 atom stereocenters. The number of hydrogen-bond acceptors (Lipinski definition) is 2. The van der Waals surface area contributed by atoms with Crippen LogP contribution in [0.1, 0.15) is 53.9 Å². The standard InChI is InChI=1S/C63H46N4/c1-63(2)52-26-11-8-22-47(52)51-37-41(31-34-53(51)63)61-60-45-21-7-6-16-39(45)32-35-54(60)64-62(65-61)42-17-14-20-44(36-42)67-56-28-13-10-24-50(56)59-46(25-15-29-57(59)67)40-30-33-49-48-23-9-12-27-55(48)66(58(49)38-40)43-18-4-3-5-19-43/h3-38,61-62,64-65H,1-2H3. The Labute approximate surface area is 389 Å². The first-order valence-corrected chi connectivity index (χ1v) is 23.5. The number of nitrogens with one attached hydrogen (secondary N) is 2. The molecule has 0 saturated carbocycles. The van der Waals surface area contributed by atoms with Gasteiger partial charge in [-0.2, -0.15) is 0 Å². The Hall–Kier alpha value is -8.18. The lowest BCUT2D eigenvalue weighted by atomic mass is 9.81. The van der Waals surface area contributed by atoms with Crippen LogP contribution in [-0.4, -0.2) is 9.13 Å². The highest BCUT2D eigenvalue weighted by molar-refractivity contribution is 6.17. The number of benzene rings is 10. The highest BCUT2D eigenvalue weighted by atomic mass is 15.2. The first-order valence-electron chi connectivity index (χ1n) is 23.5. The van der Waals surface area contributed by atoms with Gasteiger partial charge < -0.3 is 14.5 Å². The topological polar surface area (TPSA) is 33.9 Å². The van der Waals surface area contributed by atoms with Gasteiger partial charge in [-0.15, -0.1) is 0 Å². The summed E-state index contributed by atoms with van der Waals surface area (Å²) >= 11 is 0. The molecule has 3 heterocycles. The first-order chi connectivity index (χ1) is 33.0. The number of nitrogens with zero attached hydrogens (tertiary/aromatic N) is 2. The van der Waals surface area contributed by atoms with Crippen molar-refractivity contribution >= 4 is 60.1 Å². The molecule has 2 aliphatic rings. The van der Waals surface area contributed by atoms with E-state index in [4.69, 9.17) is 0 Å². The van der Waals surface area contributed by atoms with Gasteiger partial charge in [-0.3, -0.25) is 5.32 Å². The van der Waals surface area contributed by atoms with Crippen molar-refractivity contribution in [2.75, 3.05) is 5.32 Å². The van der Waals surface area contributed by atoms with E-state index in [1.54, 1.807) is 0 Å². The fourth-order valence-electron chi connectivity index (χ4n) is 11.9. The number of rotatable bonds is 5.